The number of aryl methyl sites for hydroxylation is 2. The highest BCUT2D eigenvalue weighted by atomic mass is 32.2. The zero-order chi connectivity index (χ0) is 19.4. The van der Waals surface area contributed by atoms with Crippen molar-refractivity contribution in [3.8, 4) is 0 Å². The third-order valence-corrected chi connectivity index (χ3v) is 5.31. The van der Waals surface area contributed by atoms with E-state index in [1.807, 2.05) is 19.1 Å². The Bertz CT molecular complexity index is 1040. The van der Waals surface area contributed by atoms with Gasteiger partial charge in [0.05, 0.1) is 4.90 Å². The average Bonchev–Trinajstić information content (AvgIpc) is 3.07. The molecule has 1 heterocycles. The Labute approximate surface area is 157 Å². The fourth-order valence-corrected chi connectivity index (χ4v) is 3.48. The maximum atomic E-state index is 12.5. The van der Waals surface area contributed by atoms with Crippen LogP contribution >= 0.6 is 0 Å². The SMILES string of the molecule is CCc1ccc(NS(=O)(=O)c2ccc(C(=O)Nc3cc(C)on3)cc2)cc1. The lowest BCUT2D eigenvalue weighted by atomic mass is 10.2. The molecule has 0 aliphatic heterocycles. The second-order valence-corrected chi connectivity index (χ2v) is 7.64. The van der Waals surface area contributed by atoms with Crippen LogP contribution in [0.3, 0.4) is 0 Å². The highest BCUT2D eigenvalue weighted by Crippen LogP contribution is 2.18. The van der Waals surface area contributed by atoms with Crippen LogP contribution in [-0.4, -0.2) is 19.5 Å². The van der Waals surface area contributed by atoms with Gasteiger partial charge in [-0.3, -0.25) is 9.52 Å². The van der Waals surface area contributed by atoms with Gasteiger partial charge < -0.3 is 9.84 Å². The summed E-state index contributed by atoms with van der Waals surface area (Å²) in [6.07, 6.45) is 0.879. The standard InChI is InChI=1S/C19H19N3O4S/c1-3-14-4-8-16(9-5-14)22-27(24,25)17-10-6-15(7-11-17)19(23)20-18-12-13(2)26-21-18/h4-12,22H,3H2,1-2H3,(H,20,21,23). The summed E-state index contributed by atoms with van der Waals surface area (Å²) in [6, 6.07) is 14.4. The highest BCUT2D eigenvalue weighted by molar-refractivity contribution is 7.92. The van der Waals surface area contributed by atoms with Gasteiger partial charge in [0.1, 0.15) is 5.76 Å². The molecule has 2 aromatic carbocycles. The normalized spacial score (nSPS) is 11.2. The van der Waals surface area contributed by atoms with E-state index in [0.717, 1.165) is 12.0 Å². The quantitative estimate of drug-likeness (QED) is 0.675. The Morgan fingerprint density at radius 3 is 2.30 bits per heavy atom. The Morgan fingerprint density at radius 1 is 1.07 bits per heavy atom. The van der Waals surface area contributed by atoms with Gasteiger partial charge in [-0.1, -0.05) is 24.2 Å². The van der Waals surface area contributed by atoms with Crippen LogP contribution in [0.25, 0.3) is 0 Å². The molecule has 140 valence electrons. The van der Waals surface area contributed by atoms with Gasteiger partial charge in [-0.2, -0.15) is 0 Å². The first kappa shape index (κ1) is 18.7. The molecule has 0 saturated heterocycles. The number of aromatic nitrogens is 1. The van der Waals surface area contributed by atoms with Crippen LogP contribution in [0.2, 0.25) is 0 Å². The molecule has 8 heteroatoms. The number of hydrogen-bond donors (Lipinski definition) is 2. The molecule has 0 unspecified atom stereocenters. The van der Waals surface area contributed by atoms with E-state index in [4.69, 9.17) is 4.52 Å². The van der Waals surface area contributed by atoms with Crippen LogP contribution in [0.4, 0.5) is 11.5 Å². The Kier molecular flexibility index (Phi) is 5.27. The van der Waals surface area contributed by atoms with Gasteiger partial charge in [-0.05, 0) is 55.3 Å². The third-order valence-electron chi connectivity index (χ3n) is 3.91. The molecule has 0 bridgehead atoms. The van der Waals surface area contributed by atoms with E-state index >= 15 is 0 Å². The lowest BCUT2D eigenvalue weighted by molar-refractivity contribution is 0.102. The maximum absolute atomic E-state index is 12.5. The average molecular weight is 385 g/mol. The first-order valence-corrected chi connectivity index (χ1v) is 9.82. The molecule has 3 aromatic rings. The van der Waals surface area contributed by atoms with Crippen molar-refractivity contribution in [3.63, 3.8) is 0 Å². The smallest absolute Gasteiger partial charge is 0.261 e. The first-order valence-electron chi connectivity index (χ1n) is 8.34. The maximum Gasteiger partial charge on any atom is 0.261 e. The predicted molar refractivity (Wildman–Crippen MR) is 102 cm³/mol. The van der Waals surface area contributed by atoms with Gasteiger partial charge in [-0.15, -0.1) is 0 Å². The zero-order valence-electron chi connectivity index (χ0n) is 14.9. The summed E-state index contributed by atoms with van der Waals surface area (Å²) in [5.74, 6) is 0.464. The number of benzene rings is 2. The van der Waals surface area contributed by atoms with E-state index in [9.17, 15) is 13.2 Å². The molecule has 1 amide bonds. The van der Waals surface area contributed by atoms with Gasteiger partial charge in [-0.25, -0.2) is 8.42 Å². The molecule has 0 saturated carbocycles. The van der Waals surface area contributed by atoms with E-state index in [0.29, 0.717) is 22.8 Å². The number of carbonyl (C=O) groups is 1. The summed E-state index contributed by atoms with van der Waals surface area (Å²) in [7, 11) is -3.74. The fourth-order valence-electron chi connectivity index (χ4n) is 2.42. The second-order valence-electron chi connectivity index (χ2n) is 5.96. The summed E-state index contributed by atoms with van der Waals surface area (Å²) < 4.78 is 32.4. The monoisotopic (exact) mass is 385 g/mol. The molecule has 0 aliphatic rings. The van der Waals surface area contributed by atoms with Crippen molar-refractivity contribution in [2.45, 2.75) is 25.2 Å². The summed E-state index contributed by atoms with van der Waals surface area (Å²) in [4.78, 5) is 12.2. The van der Waals surface area contributed by atoms with Crippen molar-refractivity contribution >= 4 is 27.4 Å². The van der Waals surface area contributed by atoms with Gasteiger partial charge >= 0.3 is 0 Å². The van der Waals surface area contributed by atoms with Gasteiger partial charge in [0.15, 0.2) is 5.82 Å². The van der Waals surface area contributed by atoms with Crippen molar-refractivity contribution in [1.82, 2.24) is 5.16 Å². The number of nitrogens with one attached hydrogen (secondary N) is 2. The van der Waals surface area contributed by atoms with E-state index in [1.54, 1.807) is 25.1 Å². The van der Waals surface area contributed by atoms with E-state index in [-0.39, 0.29) is 4.90 Å². The lowest BCUT2D eigenvalue weighted by Crippen LogP contribution is -2.15. The van der Waals surface area contributed by atoms with Crippen molar-refractivity contribution in [2.24, 2.45) is 0 Å². The molecule has 27 heavy (non-hydrogen) atoms. The van der Waals surface area contributed by atoms with Crippen molar-refractivity contribution < 1.29 is 17.7 Å². The largest absolute Gasteiger partial charge is 0.360 e. The lowest BCUT2D eigenvalue weighted by Gasteiger charge is -2.09. The van der Waals surface area contributed by atoms with Crippen LogP contribution in [0.1, 0.15) is 28.6 Å². The second kappa shape index (κ2) is 7.63. The van der Waals surface area contributed by atoms with Crippen molar-refractivity contribution in [3.05, 3.63) is 71.5 Å². The number of amides is 1. The molecule has 1 aromatic heterocycles. The zero-order valence-corrected chi connectivity index (χ0v) is 15.7. The Hall–Kier alpha value is -3.13. The number of carbonyl (C=O) groups excluding carboxylic acids is 1. The molecular weight excluding hydrogens is 366 g/mol. The third kappa shape index (κ3) is 4.53. The number of anilines is 2. The number of rotatable bonds is 6. The van der Waals surface area contributed by atoms with E-state index in [1.165, 1.54) is 24.3 Å². The van der Waals surface area contributed by atoms with Gasteiger partial charge in [0.25, 0.3) is 15.9 Å². The van der Waals surface area contributed by atoms with Crippen molar-refractivity contribution in [1.29, 1.82) is 0 Å². The summed E-state index contributed by atoms with van der Waals surface area (Å²) >= 11 is 0. The van der Waals surface area contributed by atoms with E-state index in [2.05, 4.69) is 15.2 Å². The Balaban J connectivity index is 1.71. The molecule has 7 nitrogen and oxygen atoms in total. The van der Waals surface area contributed by atoms with Crippen LogP contribution < -0.4 is 10.0 Å². The first-order chi connectivity index (χ1) is 12.9. The van der Waals surface area contributed by atoms with Crippen LogP contribution in [0, 0.1) is 6.92 Å². The topological polar surface area (TPSA) is 101 Å². The molecule has 3 rings (SSSR count). The molecule has 2 N–H and O–H groups in total. The molecule has 0 aliphatic carbocycles. The minimum atomic E-state index is -3.74. The highest BCUT2D eigenvalue weighted by Gasteiger charge is 2.16. The van der Waals surface area contributed by atoms with Crippen LogP contribution in [-0.2, 0) is 16.4 Å². The molecule has 0 fully saturated rings. The Morgan fingerprint density at radius 2 is 1.74 bits per heavy atom. The summed E-state index contributed by atoms with van der Waals surface area (Å²) in [5.41, 5.74) is 1.91. The van der Waals surface area contributed by atoms with Gasteiger partial charge in [0.2, 0.25) is 0 Å². The molecule has 0 radical (unpaired) electrons. The van der Waals surface area contributed by atoms with Gasteiger partial charge in [0, 0.05) is 17.3 Å². The molecule has 0 atom stereocenters. The molecule has 0 spiro atoms. The summed E-state index contributed by atoms with van der Waals surface area (Å²) in [6.45, 7) is 3.74. The fraction of sp³-hybridized carbons (Fsp3) is 0.158. The number of hydrogen-bond acceptors (Lipinski definition) is 5. The minimum absolute atomic E-state index is 0.0656. The van der Waals surface area contributed by atoms with Crippen molar-refractivity contribution in [2.75, 3.05) is 10.0 Å². The summed E-state index contributed by atoms with van der Waals surface area (Å²) in [5, 5.41) is 6.26. The minimum Gasteiger partial charge on any atom is -0.360 e. The van der Waals surface area contributed by atoms with E-state index < -0.39 is 15.9 Å². The molecular formula is C19H19N3O4S. The predicted octanol–water partition coefficient (Wildman–Crippen LogP) is 3.60. The van der Waals surface area contributed by atoms with Crippen LogP contribution in [0.5, 0.6) is 0 Å². The number of sulfonamides is 1. The van der Waals surface area contributed by atoms with Crippen LogP contribution in [0.15, 0.2) is 64.0 Å². The number of nitrogens with zero attached hydrogens (tertiary/aromatic N) is 1.